The van der Waals surface area contributed by atoms with Crippen molar-refractivity contribution < 1.29 is 4.74 Å². The fourth-order valence-corrected chi connectivity index (χ4v) is 5.66. The highest BCUT2D eigenvalue weighted by Gasteiger charge is 2.34. The minimum Gasteiger partial charge on any atom is -0.376 e. The van der Waals surface area contributed by atoms with E-state index in [1.54, 1.807) is 0 Å². The third-order valence-electron chi connectivity index (χ3n) is 7.12. The molecular formula is C24H38N2O2. The smallest absolute Gasteiger partial charge is 0.251 e. The van der Waals surface area contributed by atoms with Crippen LogP contribution in [0, 0.1) is 11.8 Å². The number of unbranched alkanes of at least 4 members (excludes halogenated alkanes) is 2. The van der Waals surface area contributed by atoms with Crippen LogP contribution in [-0.2, 0) is 17.9 Å². The van der Waals surface area contributed by atoms with Crippen LogP contribution in [0.2, 0.25) is 0 Å². The third-order valence-corrected chi connectivity index (χ3v) is 7.12. The van der Waals surface area contributed by atoms with Gasteiger partial charge in [-0.1, -0.05) is 39.0 Å². The zero-order chi connectivity index (χ0) is 19.3. The highest BCUT2D eigenvalue weighted by Crippen LogP contribution is 2.35. The van der Waals surface area contributed by atoms with E-state index in [2.05, 4.69) is 22.5 Å². The Kier molecular flexibility index (Phi) is 6.90. The number of hydrogen-bond acceptors (Lipinski definition) is 3. The number of pyridine rings is 1. The molecule has 0 spiro atoms. The molecule has 4 nitrogen and oxygen atoms in total. The standard InChI is InChI=1S/C24H38N2O2/c1-2-3-7-10-25-14-21-11-22(16-25)23-12-20(13-24(27)26(23)15-21)18-28-17-19-8-5-4-6-9-19/h12-13,19,21-22H,2-11,14-18H2,1H3. The van der Waals surface area contributed by atoms with Gasteiger partial charge in [-0.25, -0.2) is 0 Å². The molecule has 2 fully saturated rings. The van der Waals surface area contributed by atoms with Gasteiger partial charge in [-0.15, -0.1) is 0 Å². The van der Waals surface area contributed by atoms with Gasteiger partial charge in [-0.2, -0.15) is 0 Å². The zero-order valence-electron chi connectivity index (χ0n) is 17.7. The fourth-order valence-electron chi connectivity index (χ4n) is 5.66. The monoisotopic (exact) mass is 386 g/mol. The molecule has 0 N–H and O–H groups in total. The maximum Gasteiger partial charge on any atom is 0.251 e. The lowest BCUT2D eigenvalue weighted by Crippen LogP contribution is -2.47. The van der Waals surface area contributed by atoms with E-state index in [1.165, 1.54) is 76.6 Å². The first-order valence-corrected chi connectivity index (χ1v) is 11.8. The second-order valence-corrected chi connectivity index (χ2v) is 9.52. The first kappa shape index (κ1) is 20.2. The highest BCUT2D eigenvalue weighted by molar-refractivity contribution is 5.23. The molecule has 1 saturated heterocycles. The third kappa shape index (κ3) is 4.88. The summed E-state index contributed by atoms with van der Waals surface area (Å²) in [4.78, 5) is 15.4. The summed E-state index contributed by atoms with van der Waals surface area (Å²) in [5.41, 5.74) is 2.52. The van der Waals surface area contributed by atoms with E-state index in [-0.39, 0.29) is 5.56 Å². The van der Waals surface area contributed by atoms with Gasteiger partial charge in [0.1, 0.15) is 0 Å². The van der Waals surface area contributed by atoms with E-state index < -0.39 is 0 Å². The maximum absolute atomic E-state index is 12.8. The molecule has 2 atom stereocenters. The molecule has 1 aromatic heterocycles. The predicted octanol–water partition coefficient (Wildman–Crippen LogP) is 4.55. The molecule has 2 aliphatic heterocycles. The highest BCUT2D eigenvalue weighted by atomic mass is 16.5. The molecule has 0 radical (unpaired) electrons. The van der Waals surface area contributed by atoms with Crippen molar-refractivity contribution in [3.8, 4) is 0 Å². The van der Waals surface area contributed by atoms with Crippen molar-refractivity contribution in [2.75, 3.05) is 26.2 Å². The van der Waals surface area contributed by atoms with Crippen molar-refractivity contribution in [3.63, 3.8) is 0 Å². The number of hydrogen-bond donors (Lipinski definition) is 0. The molecule has 156 valence electrons. The van der Waals surface area contributed by atoms with Crippen LogP contribution < -0.4 is 5.56 Å². The summed E-state index contributed by atoms with van der Waals surface area (Å²) in [6.07, 6.45) is 11.9. The van der Waals surface area contributed by atoms with Crippen molar-refractivity contribution >= 4 is 0 Å². The molecule has 0 amide bonds. The summed E-state index contributed by atoms with van der Waals surface area (Å²) in [5.74, 6) is 1.88. The first-order valence-electron chi connectivity index (χ1n) is 11.8. The van der Waals surface area contributed by atoms with Crippen LogP contribution in [0.5, 0.6) is 0 Å². The van der Waals surface area contributed by atoms with Crippen LogP contribution in [0.3, 0.4) is 0 Å². The van der Waals surface area contributed by atoms with Gasteiger partial charge in [0.25, 0.3) is 5.56 Å². The Bertz CT molecular complexity index is 692. The lowest BCUT2D eigenvalue weighted by molar-refractivity contribution is 0.0733. The summed E-state index contributed by atoms with van der Waals surface area (Å²) in [6, 6.07) is 4.10. The van der Waals surface area contributed by atoms with E-state index >= 15 is 0 Å². The van der Waals surface area contributed by atoms with Gasteiger partial charge >= 0.3 is 0 Å². The van der Waals surface area contributed by atoms with E-state index in [0.717, 1.165) is 31.2 Å². The minimum atomic E-state index is 0.183. The predicted molar refractivity (Wildman–Crippen MR) is 114 cm³/mol. The van der Waals surface area contributed by atoms with Crippen LogP contribution >= 0.6 is 0 Å². The number of piperidine rings is 1. The van der Waals surface area contributed by atoms with Crippen molar-refractivity contribution in [2.24, 2.45) is 11.8 Å². The molecule has 1 saturated carbocycles. The maximum atomic E-state index is 12.8. The van der Waals surface area contributed by atoms with E-state index in [9.17, 15) is 4.79 Å². The van der Waals surface area contributed by atoms with E-state index in [0.29, 0.717) is 18.4 Å². The van der Waals surface area contributed by atoms with Crippen LogP contribution in [0.25, 0.3) is 0 Å². The van der Waals surface area contributed by atoms with Gasteiger partial charge in [0.15, 0.2) is 0 Å². The van der Waals surface area contributed by atoms with Gasteiger partial charge in [0, 0.05) is 43.9 Å². The molecule has 2 unspecified atom stereocenters. The Morgan fingerprint density at radius 2 is 1.93 bits per heavy atom. The van der Waals surface area contributed by atoms with E-state index in [4.69, 9.17) is 4.74 Å². The molecule has 3 aliphatic rings. The zero-order valence-corrected chi connectivity index (χ0v) is 17.7. The molecule has 2 bridgehead atoms. The molecule has 1 aliphatic carbocycles. The van der Waals surface area contributed by atoms with Crippen LogP contribution in [0.4, 0.5) is 0 Å². The number of nitrogens with zero attached hydrogens (tertiary/aromatic N) is 2. The lowest BCUT2D eigenvalue weighted by atomic mass is 9.82. The van der Waals surface area contributed by atoms with Crippen LogP contribution in [0.1, 0.15) is 81.9 Å². The van der Waals surface area contributed by atoms with Crippen LogP contribution in [-0.4, -0.2) is 35.7 Å². The quantitative estimate of drug-likeness (QED) is 0.615. The summed E-state index contributed by atoms with van der Waals surface area (Å²) in [5, 5.41) is 0. The Morgan fingerprint density at radius 1 is 1.07 bits per heavy atom. The van der Waals surface area contributed by atoms with Gasteiger partial charge in [0.2, 0.25) is 0 Å². The Hall–Kier alpha value is -1.13. The van der Waals surface area contributed by atoms with Crippen LogP contribution in [0.15, 0.2) is 16.9 Å². The average Bonchev–Trinajstić information content (AvgIpc) is 2.70. The SMILES string of the molecule is CCCCCN1CC2CC(C1)c1cc(COCC3CCCCC3)cc(=O)n1C2. The Balaban J connectivity index is 1.39. The number of fused-ring (bicyclic) bond motifs is 4. The number of aromatic nitrogens is 1. The second kappa shape index (κ2) is 9.58. The molecule has 28 heavy (non-hydrogen) atoms. The number of rotatable bonds is 8. The summed E-state index contributed by atoms with van der Waals surface area (Å²) in [6.45, 7) is 8.12. The molecule has 3 heterocycles. The molecule has 4 heteroatoms. The number of likely N-dealkylation sites (tertiary alicyclic amines) is 1. The minimum absolute atomic E-state index is 0.183. The largest absolute Gasteiger partial charge is 0.376 e. The van der Waals surface area contributed by atoms with Crippen molar-refractivity contribution in [1.29, 1.82) is 0 Å². The van der Waals surface area contributed by atoms with E-state index in [1.807, 2.05) is 6.07 Å². The van der Waals surface area contributed by atoms with Gasteiger partial charge in [0.05, 0.1) is 6.61 Å². The first-order chi connectivity index (χ1) is 13.7. The van der Waals surface area contributed by atoms with Gasteiger partial charge < -0.3 is 14.2 Å². The van der Waals surface area contributed by atoms with Crippen molar-refractivity contribution in [2.45, 2.75) is 83.8 Å². The lowest BCUT2D eigenvalue weighted by Gasteiger charge is -2.43. The Morgan fingerprint density at radius 3 is 2.75 bits per heavy atom. The summed E-state index contributed by atoms with van der Waals surface area (Å²) in [7, 11) is 0. The molecule has 1 aromatic rings. The summed E-state index contributed by atoms with van der Waals surface area (Å²) < 4.78 is 8.10. The van der Waals surface area contributed by atoms with Crippen molar-refractivity contribution in [1.82, 2.24) is 9.47 Å². The topological polar surface area (TPSA) is 34.5 Å². The average molecular weight is 387 g/mol. The molecule has 0 aromatic carbocycles. The Labute approximate surface area is 170 Å². The molecular weight excluding hydrogens is 348 g/mol. The van der Waals surface area contributed by atoms with Gasteiger partial charge in [-0.3, -0.25) is 4.79 Å². The summed E-state index contributed by atoms with van der Waals surface area (Å²) >= 11 is 0. The normalized spacial score (nSPS) is 25.6. The molecule has 4 rings (SSSR count). The van der Waals surface area contributed by atoms with Gasteiger partial charge in [-0.05, 0) is 55.7 Å². The second-order valence-electron chi connectivity index (χ2n) is 9.52. The number of ether oxygens (including phenoxy) is 1. The van der Waals surface area contributed by atoms with Crippen molar-refractivity contribution in [3.05, 3.63) is 33.7 Å². The fraction of sp³-hybridized carbons (Fsp3) is 0.792.